The monoisotopic (exact) mass is 375 g/mol. The summed E-state index contributed by atoms with van der Waals surface area (Å²) in [6, 6.07) is 5.89. The number of aliphatic hydroxyl groups excluding tert-OH is 4. The number of nitrogens with zero attached hydrogens (tertiary/aromatic N) is 1. The van der Waals surface area contributed by atoms with Gasteiger partial charge in [-0.25, -0.2) is 5.84 Å². The maximum Gasteiger partial charge on any atom is 0.284 e. The van der Waals surface area contributed by atoms with Crippen LogP contribution in [0.4, 0.5) is 0 Å². The van der Waals surface area contributed by atoms with Gasteiger partial charge >= 0.3 is 0 Å². The van der Waals surface area contributed by atoms with Gasteiger partial charge in [0.15, 0.2) is 5.84 Å². The minimum Gasteiger partial charge on any atom is -0.394 e. The number of aliphatic hydroxyl groups is 4. The number of hydrogen-bond donors (Lipinski definition) is 6. The highest BCUT2D eigenvalue weighted by molar-refractivity contribution is 7.90. The number of hydrazine groups is 1. The van der Waals surface area contributed by atoms with Crippen LogP contribution in [0.1, 0.15) is 5.56 Å². The van der Waals surface area contributed by atoms with Crippen molar-refractivity contribution in [1.82, 2.24) is 5.43 Å². The highest BCUT2D eigenvalue weighted by atomic mass is 32.2. The SMILES string of the molecule is Cc1ccc(S(=O)(=O)N=C(NN)[C@@H]2O[C@H](CO)[C@@H](O)[C@H](O)[C@H]2O)cc1. The lowest BCUT2D eigenvalue weighted by atomic mass is 9.94. The molecule has 1 saturated heterocycles. The van der Waals surface area contributed by atoms with E-state index in [2.05, 4.69) is 4.40 Å². The molecule has 0 bridgehead atoms. The number of ether oxygens (including phenoxy) is 1. The van der Waals surface area contributed by atoms with Crippen molar-refractivity contribution in [2.24, 2.45) is 10.2 Å². The third kappa shape index (κ3) is 4.15. The van der Waals surface area contributed by atoms with E-state index < -0.39 is 53.0 Å². The maximum atomic E-state index is 12.4. The van der Waals surface area contributed by atoms with Gasteiger partial charge in [0.2, 0.25) is 0 Å². The first-order valence-corrected chi connectivity index (χ1v) is 8.84. The molecule has 2 rings (SSSR count). The second kappa shape index (κ2) is 7.74. The molecule has 11 heteroatoms. The molecule has 1 aromatic rings. The molecule has 5 atom stereocenters. The Kier molecular flexibility index (Phi) is 6.11. The first-order chi connectivity index (χ1) is 11.7. The second-order valence-electron chi connectivity index (χ2n) is 5.66. The van der Waals surface area contributed by atoms with Gasteiger partial charge in [0.05, 0.1) is 11.5 Å². The normalized spacial score (nSPS) is 31.0. The number of rotatable bonds is 4. The van der Waals surface area contributed by atoms with E-state index in [4.69, 9.17) is 10.6 Å². The van der Waals surface area contributed by atoms with E-state index in [-0.39, 0.29) is 4.90 Å². The number of sulfonamides is 1. The van der Waals surface area contributed by atoms with E-state index in [1.165, 1.54) is 12.1 Å². The van der Waals surface area contributed by atoms with Gasteiger partial charge in [0, 0.05) is 0 Å². The van der Waals surface area contributed by atoms with E-state index in [1.807, 2.05) is 5.43 Å². The third-order valence-corrected chi connectivity index (χ3v) is 5.15. The second-order valence-corrected chi connectivity index (χ2v) is 7.26. The molecule has 1 heterocycles. The van der Waals surface area contributed by atoms with E-state index in [1.54, 1.807) is 19.1 Å². The van der Waals surface area contributed by atoms with Gasteiger partial charge in [-0.2, -0.15) is 8.42 Å². The molecule has 0 spiro atoms. The Morgan fingerprint density at radius 2 is 1.80 bits per heavy atom. The van der Waals surface area contributed by atoms with E-state index in [9.17, 15) is 28.8 Å². The first-order valence-electron chi connectivity index (χ1n) is 7.40. The molecule has 1 fully saturated rings. The van der Waals surface area contributed by atoms with Crippen LogP contribution in [-0.4, -0.2) is 71.8 Å². The average Bonchev–Trinajstić information content (AvgIpc) is 2.58. The van der Waals surface area contributed by atoms with Crippen molar-refractivity contribution in [3.05, 3.63) is 29.8 Å². The van der Waals surface area contributed by atoms with Crippen LogP contribution in [0.15, 0.2) is 33.6 Å². The highest BCUT2D eigenvalue weighted by Gasteiger charge is 2.45. The van der Waals surface area contributed by atoms with Crippen LogP contribution < -0.4 is 11.3 Å². The molecular weight excluding hydrogens is 354 g/mol. The Balaban J connectivity index is 2.37. The maximum absolute atomic E-state index is 12.4. The Morgan fingerprint density at radius 3 is 2.32 bits per heavy atom. The summed E-state index contributed by atoms with van der Waals surface area (Å²) in [5.74, 6) is 4.82. The summed E-state index contributed by atoms with van der Waals surface area (Å²) < 4.78 is 33.5. The Labute approximate surface area is 144 Å². The third-order valence-electron chi connectivity index (χ3n) is 3.85. The summed E-state index contributed by atoms with van der Waals surface area (Å²) >= 11 is 0. The molecule has 0 saturated carbocycles. The quantitative estimate of drug-likeness (QED) is 0.142. The van der Waals surface area contributed by atoms with Crippen molar-refractivity contribution in [2.75, 3.05) is 6.61 Å². The largest absolute Gasteiger partial charge is 0.394 e. The van der Waals surface area contributed by atoms with Gasteiger partial charge in [-0.05, 0) is 19.1 Å². The predicted molar refractivity (Wildman–Crippen MR) is 86.9 cm³/mol. The zero-order valence-corrected chi connectivity index (χ0v) is 14.2. The number of benzene rings is 1. The van der Waals surface area contributed by atoms with E-state index >= 15 is 0 Å². The van der Waals surface area contributed by atoms with Crippen LogP contribution in [0.3, 0.4) is 0 Å². The highest BCUT2D eigenvalue weighted by Crippen LogP contribution is 2.23. The van der Waals surface area contributed by atoms with E-state index in [0.29, 0.717) is 0 Å². The smallest absolute Gasteiger partial charge is 0.284 e. The van der Waals surface area contributed by atoms with Crippen molar-refractivity contribution in [1.29, 1.82) is 0 Å². The summed E-state index contributed by atoms with van der Waals surface area (Å²) in [6.07, 6.45) is -7.67. The van der Waals surface area contributed by atoms with Gasteiger partial charge in [0.25, 0.3) is 10.0 Å². The molecule has 7 N–H and O–H groups in total. The summed E-state index contributed by atoms with van der Waals surface area (Å²) in [7, 11) is -4.17. The first kappa shape index (κ1) is 19.7. The van der Waals surface area contributed by atoms with Crippen LogP contribution in [-0.2, 0) is 14.8 Å². The van der Waals surface area contributed by atoms with Crippen LogP contribution in [0.5, 0.6) is 0 Å². The fraction of sp³-hybridized carbons (Fsp3) is 0.500. The zero-order chi connectivity index (χ0) is 18.8. The molecule has 0 aliphatic carbocycles. The predicted octanol–water partition coefficient (Wildman–Crippen LogP) is -2.61. The van der Waals surface area contributed by atoms with Crippen LogP contribution in [0, 0.1) is 6.92 Å². The number of nitrogens with one attached hydrogen (secondary N) is 1. The summed E-state index contributed by atoms with van der Waals surface area (Å²) in [4.78, 5) is -0.101. The van der Waals surface area contributed by atoms with Crippen molar-refractivity contribution in [3.8, 4) is 0 Å². The van der Waals surface area contributed by atoms with Crippen molar-refractivity contribution < 1.29 is 33.6 Å². The fourth-order valence-electron chi connectivity index (χ4n) is 2.38. The lowest BCUT2D eigenvalue weighted by Crippen LogP contribution is -2.63. The van der Waals surface area contributed by atoms with Gasteiger partial charge in [-0.3, -0.25) is 0 Å². The zero-order valence-electron chi connectivity index (χ0n) is 13.3. The average molecular weight is 375 g/mol. The molecule has 10 nitrogen and oxygen atoms in total. The van der Waals surface area contributed by atoms with Gasteiger partial charge in [-0.15, -0.1) is 4.40 Å². The number of aryl methyl sites for hydroxylation is 1. The topological polar surface area (TPSA) is 175 Å². The summed E-state index contributed by atoms with van der Waals surface area (Å²) in [5.41, 5.74) is 2.89. The van der Waals surface area contributed by atoms with Crippen molar-refractivity contribution in [2.45, 2.75) is 42.3 Å². The lowest BCUT2D eigenvalue weighted by molar-refractivity contribution is -0.212. The standard InChI is InChI=1S/C14H21N3O7S/c1-7-2-4-8(5-3-7)25(22,23)17-14(16-15)13-12(21)11(20)10(19)9(6-18)24-13/h2-5,9-13,18-21H,6,15H2,1H3,(H,16,17)/t9-,10-,11+,12-,13-/m1/s1. The minimum atomic E-state index is -4.17. The molecule has 1 aliphatic heterocycles. The van der Waals surface area contributed by atoms with E-state index in [0.717, 1.165) is 5.56 Å². The molecule has 0 amide bonds. The lowest BCUT2D eigenvalue weighted by Gasteiger charge is -2.40. The molecule has 0 radical (unpaired) electrons. The molecule has 0 aromatic heterocycles. The fourth-order valence-corrected chi connectivity index (χ4v) is 3.38. The summed E-state index contributed by atoms with van der Waals surface area (Å²) in [6.45, 7) is 1.13. The van der Waals surface area contributed by atoms with Gasteiger partial charge in [0.1, 0.15) is 30.5 Å². The molecule has 140 valence electrons. The number of hydrogen-bond acceptors (Lipinski definition) is 8. The molecule has 25 heavy (non-hydrogen) atoms. The molecular formula is C14H21N3O7S. The Bertz CT molecular complexity index is 720. The number of nitrogens with two attached hydrogens (primary N) is 1. The van der Waals surface area contributed by atoms with Crippen LogP contribution in [0.2, 0.25) is 0 Å². The Hall–Kier alpha value is -1.60. The van der Waals surface area contributed by atoms with Gasteiger partial charge in [-0.1, -0.05) is 17.7 Å². The Morgan fingerprint density at radius 1 is 1.20 bits per heavy atom. The minimum absolute atomic E-state index is 0.101. The molecule has 1 aliphatic rings. The van der Waals surface area contributed by atoms with Crippen molar-refractivity contribution >= 4 is 15.9 Å². The summed E-state index contributed by atoms with van der Waals surface area (Å²) in [5, 5.41) is 38.8. The van der Waals surface area contributed by atoms with Crippen molar-refractivity contribution in [3.63, 3.8) is 0 Å². The van der Waals surface area contributed by atoms with Crippen LogP contribution >= 0.6 is 0 Å². The molecule has 1 aromatic carbocycles. The number of amidine groups is 1. The van der Waals surface area contributed by atoms with Gasteiger partial charge < -0.3 is 30.6 Å². The molecule has 0 unspecified atom stereocenters. The van der Waals surface area contributed by atoms with Crippen LogP contribution in [0.25, 0.3) is 0 Å².